The van der Waals surface area contributed by atoms with E-state index in [1.165, 1.54) is 0 Å². The topological polar surface area (TPSA) is 62.5 Å². The largest absolute Gasteiger partial charge is 0.478 e. The number of carbonyl (C=O) groups is 1. The SMILES string of the molecule is Cc1oc(-c2ccccc2)cc1C(CC(C)(C)C)Nc1ccccc1C(=O)O. The standard InChI is InChI=1S/C24H27NO3/c1-16-19(14-22(28-16)17-10-6-5-7-11-17)21(15-24(2,3)4)25-20-13-9-8-12-18(20)23(26)27/h5-14,21,25H,15H2,1-4H3,(H,26,27). The fourth-order valence-electron chi connectivity index (χ4n) is 3.42. The highest BCUT2D eigenvalue weighted by molar-refractivity contribution is 5.94. The number of hydrogen-bond donors (Lipinski definition) is 2. The molecule has 2 aromatic carbocycles. The van der Waals surface area contributed by atoms with E-state index in [1.807, 2.05) is 49.4 Å². The number of furan rings is 1. The highest BCUT2D eigenvalue weighted by Gasteiger charge is 2.25. The van der Waals surface area contributed by atoms with Gasteiger partial charge in [0.15, 0.2) is 0 Å². The molecule has 0 bridgehead atoms. The van der Waals surface area contributed by atoms with E-state index in [0.29, 0.717) is 5.69 Å². The summed E-state index contributed by atoms with van der Waals surface area (Å²) < 4.78 is 6.06. The number of aromatic carboxylic acids is 1. The maximum atomic E-state index is 11.6. The van der Waals surface area contributed by atoms with Crippen LogP contribution in [0.2, 0.25) is 0 Å². The van der Waals surface area contributed by atoms with Crippen LogP contribution in [-0.4, -0.2) is 11.1 Å². The summed E-state index contributed by atoms with van der Waals surface area (Å²) in [7, 11) is 0. The molecule has 3 aromatic rings. The molecule has 1 atom stereocenters. The van der Waals surface area contributed by atoms with Gasteiger partial charge in [-0.25, -0.2) is 4.79 Å². The van der Waals surface area contributed by atoms with Crippen LogP contribution in [0.25, 0.3) is 11.3 Å². The Labute approximate surface area is 166 Å². The van der Waals surface area contributed by atoms with E-state index in [-0.39, 0.29) is 17.0 Å². The van der Waals surface area contributed by atoms with E-state index in [1.54, 1.807) is 12.1 Å². The third-order valence-corrected chi connectivity index (χ3v) is 4.69. The summed E-state index contributed by atoms with van der Waals surface area (Å²) in [5.74, 6) is 0.722. The molecule has 4 nitrogen and oxygen atoms in total. The Balaban J connectivity index is 2.00. The van der Waals surface area contributed by atoms with Gasteiger partial charge in [0.05, 0.1) is 11.6 Å². The highest BCUT2D eigenvalue weighted by Crippen LogP contribution is 2.37. The van der Waals surface area contributed by atoms with Crippen molar-refractivity contribution in [3.8, 4) is 11.3 Å². The number of para-hydroxylation sites is 1. The van der Waals surface area contributed by atoms with Gasteiger partial charge in [-0.2, -0.15) is 0 Å². The van der Waals surface area contributed by atoms with Gasteiger partial charge in [0, 0.05) is 16.8 Å². The van der Waals surface area contributed by atoms with Crippen LogP contribution >= 0.6 is 0 Å². The Kier molecular flexibility index (Phi) is 5.59. The molecule has 0 aliphatic heterocycles. The third-order valence-electron chi connectivity index (χ3n) is 4.69. The first-order valence-electron chi connectivity index (χ1n) is 9.49. The number of anilines is 1. The van der Waals surface area contributed by atoms with E-state index in [2.05, 4.69) is 32.2 Å². The molecule has 0 spiro atoms. The van der Waals surface area contributed by atoms with Gasteiger partial charge in [-0.05, 0) is 37.0 Å². The van der Waals surface area contributed by atoms with Gasteiger partial charge >= 0.3 is 5.97 Å². The van der Waals surface area contributed by atoms with Crippen molar-refractivity contribution in [2.75, 3.05) is 5.32 Å². The smallest absolute Gasteiger partial charge is 0.337 e. The molecule has 0 aliphatic carbocycles. The fraction of sp³-hybridized carbons (Fsp3) is 0.292. The average Bonchev–Trinajstić information content (AvgIpc) is 3.03. The second kappa shape index (κ2) is 7.93. The molecule has 0 aliphatic rings. The van der Waals surface area contributed by atoms with Gasteiger partial charge in [-0.3, -0.25) is 0 Å². The number of benzene rings is 2. The maximum absolute atomic E-state index is 11.6. The van der Waals surface area contributed by atoms with Crippen molar-refractivity contribution in [1.29, 1.82) is 0 Å². The number of rotatable bonds is 6. The molecule has 0 saturated heterocycles. The van der Waals surface area contributed by atoms with Crippen molar-refractivity contribution in [1.82, 2.24) is 0 Å². The number of carboxylic acid groups (broad SMARTS) is 1. The van der Waals surface area contributed by atoms with E-state index in [9.17, 15) is 9.90 Å². The summed E-state index contributed by atoms with van der Waals surface area (Å²) in [6, 6.07) is 19.0. The monoisotopic (exact) mass is 377 g/mol. The van der Waals surface area contributed by atoms with Crippen LogP contribution in [0.1, 0.15) is 54.9 Å². The minimum absolute atomic E-state index is 0.0481. The van der Waals surface area contributed by atoms with Crippen LogP contribution in [0.5, 0.6) is 0 Å². The zero-order valence-electron chi connectivity index (χ0n) is 16.8. The van der Waals surface area contributed by atoms with E-state index in [4.69, 9.17) is 4.42 Å². The molecule has 1 unspecified atom stereocenters. The first-order valence-corrected chi connectivity index (χ1v) is 9.49. The molecule has 3 rings (SSSR count). The Morgan fingerprint density at radius 2 is 1.71 bits per heavy atom. The van der Waals surface area contributed by atoms with Gasteiger partial charge in [0.25, 0.3) is 0 Å². The summed E-state index contributed by atoms with van der Waals surface area (Å²) in [4.78, 5) is 11.6. The minimum Gasteiger partial charge on any atom is -0.478 e. The predicted molar refractivity (Wildman–Crippen MR) is 113 cm³/mol. The second-order valence-electron chi connectivity index (χ2n) is 8.30. The van der Waals surface area contributed by atoms with E-state index >= 15 is 0 Å². The van der Waals surface area contributed by atoms with E-state index < -0.39 is 5.97 Å². The Morgan fingerprint density at radius 1 is 1.07 bits per heavy atom. The van der Waals surface area contributed by atoms with Crippen molar-refractivity contribution in [3.05, 3.63) is 77.6 Å². The van der Waals surface area contributed by atoms with Crippen molar-refractivity contribution in [3.63, 3.8) is 0 Å². The predicted octanol–water partition coefficient (Wildman–Crippen LogP) is 6.54. The third kappa shape index (κ3) is 4.63. The molecule has 146 valence electrons. The lowest BCUT2D eigenvalue weighted by Gasteiger charge is -2.28. The van der Waals surface area contributed by atoms with Crippen LogP contribution < -0.4 is 5.32 Å². The number of carboxylic acids is 1. The lowest BCUT2D eigenvalue weighted by molar-refractivity contribution is 0.0698. The summed E-state index contributed by atoms with van der Waals surface area (Å²) in [6.45, 7) is 8.50. The van der Waals surface area contributed by atoms with Crippen LogP contribution in [0.15, 0.2) is 65.1 Å². The zero-order chi connectivity index (χ0) is 20.3. The normalized spacial score (nSPS) is 12.6. The molecule has 2 N–H and O–H groups in total. The van der Waals surface area contributed by atoms with Gasteiger partial charge in [-0.15, -0.1) is 0 Å². The molecule has 1 heterocycles. The molecular weight excluding hydrogens is 350 g/mol. The van der Waals surface area contributed by atoms with Crippen LogP contribution in [0, 0.1) is 12.3 Å². The summed E-state index contributed by atoms with van der Waals surface area (Å²) in [5.41, 5.74) is 3.01. The quantitative estimate of drug-likeness (QED) is 0.512. The number of hydrogen-bond acceptors (Lipinski definition) is 3. The van der Waals surface area contributed by atoms with Gasteiger partial charge in [-0.1, -0.05) is 63.2 Å². The van der Waals surface area contributed by atoms with Crippen LogP contribution in [-0.2, 0) is 0 Å². The maximum Gasteiger partial charge on any atom is 0.337 e. The second-order valence-corrected chi connectivity index (χ2v) is 8.30. The molecule has 0 saturated carbocycles. The lowest BCUT2D eigenvalue weighted by atomic mass is 9.85. The molecule has 0 fully saturated rings. The molecule has 1 aromatic heterocycles. The van der Waals surface area contributed by atoms with E-state index in [0.717, 1.165) is 29.1 Å². The first-order chi connectivity index (χ1) is 13.2. The summed E-state index contributed by atoms with van der Waals surface area (Å²) in [5, 5.41) is 13.0. The Morgan fingerprint density at radius 3 is 2.36 bits per heavy atom. The van der Waals surface area contributed by atoms with Gasteiger partial charge in [0.2, 0.25) is 0 Å². The van der Waals surface area contributed by atoms with Crippen molar-refractivity contribution >= 4 is 11.7 Å². The zero-order valence-corrected chi connectivity index (χ0v) is 16.8. The van der Waals surface area contributed by atoms with Crippen molar-refractivity contribution in [2.45, 2.75) is 40.2 Å². The Bertz CT molecular complexity index is 951. The molecule has 0 radical (unpaired) electrons. The highest BCUT2D eigenvalue weighted by atomic mass is 16.4. The van der Waals surface area contributed by atoms with Gasteiger partial charge in [0.1, 0.15) is 11.5 Å². The first kappa shape index (κ1) is 19.7. The van der Waals surface area contributed by atoms with Crippen molar-refractivity contribution in [2.24, 2.45) is 5.41 Å². The lowest BCUT2D eigenvalue weighted by Crippen LogP contribution is -2.20. The summed E-state index contributed by atoms with van der Waals surface area (Å²) >= 11 is 0. The number of aryl methyl sites for hydroxylation is 1. The number of nitrogens with one attached hydrogen (secondary N) is 1. The van der Waals surface area contributed by atoms with Gasteiger partial charge < -0.3 is 14.8 Å². The average molecular weight is 377 g/mol. The fourth-order valence-corrected chi connectivity index (χ4v) is 3.42. The van der Waals surface area contributed by atoms with Crippen molar-refractivity contribution < 1.29 is 14.3 Å². The summed E-state index contributed by atoms with van der Waals surface area (Å²) in [6.07, 6.45) is 0.829. The minimum atomic E-state index is -0.938. The Hall–Kier alpha value is -3.01. The molecular formula is C24H27NO3. The van der Waals surface area contributed by atoms with Crippen LogP contribution in [0.3, 0.4) is 0 Å². The molecule has 4 heteroatoms. The van der Waals surface area contributed by atoms with Crippen LogP contribution in [0.4, 0.5) is 5.69 Å². The molecule has 0 amide bonds. The molecule has 28 heavy (non-hydrogen) atoms.